The van der Waals surface area contributed by atoms with Crippen LogP contribution in [0.5, 0.6) is 0 Å². The molecule has 21 heavy (non-hydrogen) atoms. The van der Waals surface area contributed by atoms with Crippen molar-refractivity contribution in [2.75, 3.05) is 0 Å². The molecule has 1 nitrogen and oxygen atoms in total. The van der Waals surface area contributed by atoms with E-state index in [0.29, 0.717) is 11.3 Å². The van der Waals surface area contributed by atoms with Crippen molar-refractivity contribution in [2.24, 2.45) is 11.3 Å². The van der Waals surface area contributed by atoms with Gasteiger partial charge in [0.2, 0.25) is 0 Å². The normalized spacial score (nSPS) is 27.7. The first-order valence-electron chi connectivity index (χ1n) is 8.09. The van der Waals surface area contributed by atoms with Gasteiger partial charge in [0.05, 0.1) is 5.60 Å². The predicted molar refractivity (Wildman–Crippen MR) is 91.8 cm³/mol. The molecular formula is C19H26OS. The Kier molecular flexibility index (Phi) is 3.87. The van der Waals surface area contributed by atoms with Crippen molar-refractivity contribution in [3.8, 4) is 0 Å². The van der Waals surface area contributed by atoms with Crippen LogP contribution in [0, 0.1) is 11.3 Å². The summed E-state index contributed by atoms with van der Waals surface area (Å²) >= 11 is 1.76. The minimum absolute atomic E-state index is 0.347. The number of rotatable bonds is 1. The molecule has 0 amide bonds. The Hall–Kier alpha value is -0.860. The van der Waals surface area contributed by atoms with E-state index in [0.717, 1.165) is 31.2 Å². The zero-order valence-corrected chi connectivity index (χ0v) is 14.2. The molecule has 1 aromatic carbocycles. The van der Waals surface area contributed by atoms with Gasteiger partial charge in [0.1, 0.15) is 0 Å². The third-order valence-corrected chi connectivity index (χ3v) is 6.22. The Balaban J connectivity index is 1.92. The van der Waals surface area contributed by atoms with Gasteiger partial charge in [0.25, 0.3) is 0 Å². The molecule has 1 heterocycles. The van der Waals surface area contributed by atoms with Crippen molar-refractivity contribution >= 4 is 21.4 Å². The molecule has 1 N–H and O–H groups in total. The summed E-state index contributed by atoms with van der Waals surface area (Å²) in [4.78, 5) is 0. The molecule has 3 rings (SSSR count). The van der Waals surface area contributed by atoms with Crippen LogP contribution in [0.2, 0.25) is 0 Å². The standard InChI is InChI=1S/C19H26OS/c1-18(2,3)15-7-5-11-19(20,12-9-15)16-8-4-6-14-10-13-21-17(14)16/h4,6,8,10,13,15,20H,5,7,9,11-12H2,1-3H3. The van der Waals surface area contributed by atoms with Crippen molar-refractivity contribution in [1.82, 2.24) is 0 Å². The van der Waals surface area contributed by atoms with Gasteiger partial charge >= 0.3 is 0 Å². The van der Waals surface area contributed by atoms with Gasteiger partial charge < -0.3 is 5.11 Å². The van der Waals surface area contributed by atoms with E-state index in [9.17, 15) is 5.11 Å². The molecule has 1 aliphatic rings. The van der Waals surface area contributed by atoms with Crippen molar-refractivity contribution in [3.63, 3.8) is 0 Å². The molecule has 0 bridgehead atoms. The molecule has 1 aliphatic carbocycles. The molecule has 0 spiro atoms. The van der Waals surface area contributed by atoms with Crippen LogP contribution >= 0.6 is 11.3 Å². The summed E-state index contributed by atoms with van der Waals surface area (Å²) in [7, 11) is 0. The highest BCUT2D eigenvalue weighted by molar-refractivity contribution is 7.17. The molecule has 0 saturated heterocycles. The lowest BCUT2D eigenvalue weighted by molar-refractivity contribution is 0.0196. The first-order chi connectivity index (χ1) is 9.90. The minimum Gasteiger partial charge on any atom is -0.385 e. The van der Waals surface area contributed by atoms with Crippen molar-refractivity contribution in [3.05, 3.63) is 35.2 Å². The maximum absolute atomic E-state index is 11.3. The van der Waals surface area contributed by atoms with Gasteiger partial charge in [-0.2, -0.15) is 0 Å². The monoisotopic (exact) mass is 302 g/mol. The zero-order valence-electron chi connectivity index (χ0n) is 13.4. The molecular weight excluding hydrogens is 276 g/mol. The van der Waals surface area contributed by atoms with Crippen LogP contribution in [0.3, 0.4) is 0 Å². The maximum atomic E-state index is 11.3. The number of thiophene rings is 1. The van der Waals surface area contributed by atoms with Crippen LogP contribution in [0.25, 0.3) is 10.1 Å². The lowest BCUT2D eigenvalue weighted by Crippen LogP contribution is -2.26. The Morgan fingerprint density at radius 2 is 1.95 bits per heavy atom. The average molecular weight is 302 g/mol. The van der Waals surface area contributed by atoms with Crippen LogP contribution in [-0.4, -0.2) is 5.11 Å². The molecule has 2 heteroatoms. The van der Waals surface area contributed by atoms with Gasteiger partial charge in [0.15, 0.2) is 0 Å². The van der Waals surface area contributed by atoms with Crippen LogP contribution in [0.15, 0.2) is 29.6 Å². The molecule has 0 aliphatic heterocycles. The van der Waals surface area contributed by atoms with E-state index in [2.05, 4.69) is 50.4 Å². The smallest absolute Gasteiger partial charge is 0.0910 e. The van der Waals surface area contributed by atoms with E-state index in [-0.39, 0.29) is 0 Å². The molecule has 1 saturated carbocycles. The number of aliphatic hydroxyl groups is 1. The summed E-state index contributed by atoms with van der Waals surface area (Å²) in [5.41, 5.74) is 0.870. The van der Waals surface area contributed by atoms with E-state index in [1.165, 1.54) is 16.5 Å². The van der Waals surface area contributed by atoms with Gasteiger partial charge in [-0.15, -0.1) is 11.3 Å². The number of fused-ring (bicyclic) bond motifs is 1. The van der Waals surface area contributed by atoms with Crippen molar-refractivity contribution in [1.29, 1.82) is 0 Å². The SMILES string of the molecule is CC(C)(C)C1CCCC(O)(c2cccc3ccsc23)CC1. The Morgan fingerprint density at radius 1 is 1.14 bits per heavy atom. The van der Waals surface area contributed by atoms with E-state index in [1.54, 1.807) is 11.3 Å². The van der Waals surface area contributed by atoms with E-state index < -0.39 is 5.60 Å². The topological polar surface area (TPSA) is 20.2 Å². The molecule has 2 aromatic rings. The molecule has 2 unspecified atom stereocenters. The second-order valence-corrected chi connectivity index (χ2v) is 8.59. The lowest BCUT2D eigenvalue weighted by Gasteiger charge is -2.31. The fourth-order valence-corrected chi connectivity index (χ4v) is 4.83. The number of hydrogen-bond donors (Lipinski definition) is 1. The van der Waals surface area contributed by atoms with Crippen LogP contribution in [0.1, 0.15) is 58.4 Å². The summed E-state index contributed by atoms with van der Waals surface area (Å²) in [6, 6.07) is 8.53. The fraction of sp³-hybridized carbons (Fsp3) is 0.579. The maximum Gasteiger partial charge on any atom is 0.0910 e. The molecule has 114 valence electrons. The lowest BCUT2D eigenvalue weighted by atomic mass is 9.76. The first-order valence-corrected chi connectivity index (χ1v) is 8.97. The second-order valence-electron chi connectivity index (χ2n) is 7.67. The highest BCUT2D eigenvalue weighted by Gasteiger charge is 2.36. The number of benzene rings is 1. The summed E-state index contributed by atoms with van der Waals surface area (Å²) in [5, 5.41) is 14.7. The zero-order chi connectivity index (χ0) is 15.1. The van der Waals surface area contributed by atoms with Crippen LogP contribution in [0.4, 0.5) is 0 Å². The third kappa shape index (κ3) is 2.89. The number of hydrogen-bond acceptors (Lipinski definition) is 2. The largest absolute Gasteiger partial charge is 0.385 e. The van der Waals surface area contributed by atoms with E-state index in [1.807, 2.05) is 0 Å². The molecule has 1 fully saturated rings. The van der Waals surface area contributed by atoms with Crippen molar-refractivity contribution < 1.29 is 5.11 Å². The van der Waals surface area contributed by atoms with Gasteiger partial charge in [-0.1, -0.05) is 39.0 Å². The summed E-state index contributed by atoms with van der Waals surface area (Å²) in [6.07, 6.45) is 5.29. The Bertz CT molecular complexity index is 622. The summed E-state index contributed by atoms with van der Waals surface area (Å²) < 4.78 is 1.27. The minimum atomic E-state index is -0.635. The highest BCUT2D eigenvalue weighted by atomic mass is 32.1. The van der Waals surface area contributed by atoms with E-state index >= 15 is 0 Å². The Labute approximate surface area is 132 Å². The Morgan fingerprint density at radius 3 is 2.71 bits per heavy atom. The molecule has 1 aromatic heterocycles. The van der Waals surface area contributed by atoms with Gasteiger partial charge in [-0.25, -0.2) is 0 Å². The fourth-order valence-electron chi connectivity index (χ4n) is 3.82. The summed E-state index contributed by atoms with van der Waals surface area (Å²) in [6.45, 7) is 7.01. The van der Waals surface area contributed by atoms with Gasteiger partial charge in [-0.3, -0.25) is 0 Å². The summed E-state index contributed by atoms with van der Waals surface area (Å²) in [5.74, 6) is 0.717. The van der Waals surface area contributed by atoms with Gasteiger partial charge in [0, 0.05) is 10.3 Å². The average Bonchev–Trinajstić information content (AvgIpc) is 2.80. The predicted octanol–water partition coefficient (Wildman–Crippen LogP) is 5.72. The van der Waals surface area contributed by atoms with Gasteiger partial charge in [-0.05, 0) is 60.3 Å². The molecule has 0 radical (unpaired) electrons. The van der Waals surface area contributed by atoms with Crippen LogP contribution < -0.4 is 0 Å². The van der Waals surface area contributed by atoms with Crippen molar-refractivity contribution in [2.45, 2.75) is 58.5 Å². The van der Waals surface area contributed by atoms with E-state index in [4.69, 9.17) is 0 Å². The van der Waals surface area contributed by atoms with Crippen LogP contribution in [-0.2, 0) is 5.60 Å². The second kappa shape index (κ2) is 5.40. The third-order valence-electron chi connectivity index (χ3n) is 5.25. The first kappa shape index (κ1) is 15.1. The quantitative estimate of drug-likeness (QED) is 0.668. The highest BCUT2D eigenvalue weighted by Crippen LogP contribution is 2.45. The molecule has 2 atom stereocenters.